The monoisotopic (exact) mass is 356 g/mol. The number of aliphatic hydroxyl groups excluding tert-OH is 1. The third kappa shape index (κ3) is 5.00. The van der Waals surface area contributed by atoms with Crippen molar-refractivity contribution < 1.29 is 14.6 Å². The van der Waals surface area contributed by atoms with Gasteiger partial charge in [0.05, 0.1) is 0 Å². The second kappa shape index (κ2) is 8.73. The lowest BCUT2D eigenvalue weighted by molar-refractivity contribution is 0.0662. The number of carbonyl (C=O) groups is 1. The molecule has 0 aliphatic carbocycles. The SMILES string of the molecule is CC(=O)c1ccc(OCC(O)CN2CCN(c3ncccn3)CC2)cc1. The summed E-state index contributed by atoms with van der Waals surface area (Å²) < 4.78 is 5.62. The van der Waals surface area contributed by atoms with Gasteiger partial charge in [-0.1, -0.05) is 0 Å². The quantitative estimate of drug-likeness (QED) is 0.748. The number of β-amino-alcohol motifs (C(OH)–C–C–N with tert-alkyl or cyclic N) is 1. The molecule has 0 amide bonds. The summed E-state index contributed by atoms with van der Waals surface area (Å²) in [6.07, 6.45) is 2.93. The Morgan fingerprint density at radius 1 is 1.15 bits per heavy atom. The molecule has 1 fully saturated rings. The highest BCUT2D eigenvalue weighted by atomic mass is 16.5. The molecule has 138 valence electrons. The number of benzene rings is 1. The zero-order valence-electron chi connectivity index (χ0n) is 14.9. The van der Waals surface area contributed by atoms with Crippen molar-refractivity contribution in [3.05, 3.63) is 48.3 Å². The van der Waals surface area contributed by atoms with Gasteiger partial charge in [0.2, 0.25) is 5.95 Å². The van der Waals surface area contributed by atoms with Crippen LogP contribution in [0.4, 0.5) is 5.95 Å². The minimum absolute atomic E-state index is 0.0247. The summed E-state index contributed by atoms with van der Waals surface area (Å²) in [6, 6.07) is 8.78. The first-order chi connectivity index (χ1) is 12.6. The maximum atomic E-state index is 11.3. The number of aromatic nitrogens is 2. The second-order valence-corrected chi connectivity index (χ2v) is 6.38. The largest absolute Gasteiger partial charge is 0.491 e. The van der Waals surface area contributed by atoms with Crippen LogP contribution in [0.5, 0.6) is 5.75 Å². The van der Waals surface area contributed by atoms with E-state index in [1.807, 2.05) is 6.07 Å². The summed E-state index contributed by atoms with van der Waals surface area (Å²) >= 11 is 0. The first-order valence-corrected chi connectivity index (χ1v) is 8.78. The maximum absolute atomic E-state index is 11.3. The van der Waals surface area contributed by atoms with Crippen LogP contribution in [-0.4, -0.2) is 71.2 Å². The number of piperazine rings is 1. The third-order valence-corrected chi connectivity index (χ3v) is 4.38. The normalized spacial score (nSPS) is 16.3. The van der Waals surface area contributed by atoms with Crippen molar-refractivity contribution in [3.8, 4) is 5.75 Å². The van der Waals surface area contributed by atoms with E-state index < -0.39 is 6.10 Å². The molecule has 2 heterocycles. The smallest absolute Gasteiger partial charge is 0.225 e. The predicted octanol–water partition coefficient (Wildman–Crippen LogP) is 1.24. The number of anilines is 1. The van der Waals surface area contributed by atoms with E-state index in [2.05, 4.69) is 19.8 Å². The lowest BCUT2D eigenvalue weighted by Gasteiger charge is -2.35. The highest BCUT2D eigenvalue weighted by molar-refractivity contribution is 5.94. The minimum atomic E-state index is -0.568. The molecule has 0 saturated carbocycles. The van der Waals surface area contributed by atoms with Gasteiger partial charge in [-0.05, 0) is 37.3 Å². The molecule has 0 spiro atoms. The van der Waals surface area contributed by atoms with Crippen LogP contribution in [0.3, 0.4) is 0 Å². The molecule has 7 nitrogen and oxygen atoms in total. The van der Waals surface area contributed by atoms with E-state index in [-0.39, 0.29) is 12.4 Å². The Hall–Kier alpha value is -2.51. The van der Waals surface area contributed by atoms with Gasteiger partial charge in [-0.2, -0.15) is 0 Å². The standard InChI is InChI=1S/C19H24N4O3/c1-15(24)16-3-5-18(6-4-16)26-14-17(25)13-22-9-11-23(12-10-22)19-20-7-2-8-21-19/h2-8,17,25H,9-14H2,1H3. The zero-order chi connectivity index (χ0) is 18.4. The van der Waals surface area contributed by atoms with Gasteiger partial charge in [-0.3, -0.25) is 9.69 Å². The number of ketones is 1. The fourth-order valence-electron chi connectivity index (χ4n) is 2.91. The Balaban J connectivity index is 1.40. The first kappa shape index (κ1) is 18.3. The zero-order valence-corrected chi connectivity index (χ0v) is 14.9. The van der Waals surface area contributed by atoms with E-state index in [1.54, 1.807) is 36.7 Å². The molecule has 1 saturated heterocycles. The molecule has 1 aromatic carbocycles. The van der Waals surface area contributed by atoms with Crippen molar-refractivity contribution in [1.82, 2.24) is 14.9 Å². The molecule has 26 heavy (non-hydrogen) atoms. The lowest BCUT2D eigenvalue weighted by atomic mass is 10.1. The molecule has 1 atom stereocenters. The van der Waals surface area contributed by atoms with Crippen molar-refractivity contribution in [1.29, 1.82) is 0 Å². The van der Waals surface area contributed by atoms with Crippen LogP contribution in [0.2, 0.25) is 0 Å². The van der Waals surface area contributed by atoms with Crippen molar-refractivity contribution in [3.63, 3.8) is 0 Å². The molecule has 1 aromatic heterocycles. The van der Waals surface area contributed by atoms with Crippen molar-refractivity contribution in [2.75, 3.05) is 44.2 Å². The summed E-state index contributed by atoms with van der Waals surface area (Å²) in [7, 11) is 0. The second-order valence-electron chi connectivity index (χ2n) is 6.38. The van der Waals surface area contributed by atoms with Crippen LogP contribution in [-0.2, 0) is 0 Å². The molecule has 3 rings (SSSR count). The average molecular weight is 356 g/mol. The summed E-state index contributed by atoms with van der Waals surface area (Å²) in [5.41, 5.74) is 0.651. The van der Waals surface area contributed by atoms with Crippen LogP contribution in [0.15, 0.2) is 42.7 Å². The van der Waals surface area contributed by atoms with E-state index >= 15 is 0 Å². The van der Waals surface area contributed by atoms with Gasteiger partial charge in [0.15, 0.2) is 5.78 Å². The summed E-state index contributed by atoms with van der Waals surface area (Å²) in [5.74, 6) is 1.43. The number of hydrogen-bond acceptors (Lipinski definition) is 7. The number of aliphatic hydroxyl groups is 1. The van der Waals surface area contributed by atoms with Crippen LogP contribution in [0.1, 0.15) is 17.3 Å². The van der Waals surface area contributed by atoms with Crippen molar-refractivity contribution >= 4 is 11.7 Å². The maximum Gasteiger partial charge on any atom is 0.225 e. The Bertz CT molecular complexity index is 700. The Kier molecular flexibility index (Phi) is 6.14. The fourth-order valence-corrected chi connectivity index (χ4v) is 2.91. The van der Waals surface area contributed by atoms with E-state index in [0.717, 1.165) is 32.1 Å². The molecule has 2 aromatic rings. The summed E-state index contributed by atoms with van der Waals surface area (Å²) in [6.45, 7) is 5.69. The predicted molar refractivity (Wildman–Crippen MR) is 98.6 cm³/mol. The lowest BCUT2D eigenvalue weighted by Crippen LogP contribution is -2.49. The number of Topliss-reactive ketones (excluding diaryl/α,β-unsaturated/α-hetero) is 1. The summed E-state index contributed by atoms with van der Waals surface area (Å²) in [4.78, 5) is 24.2. The topological polar surface area (TPSA) is 78.8 Å². The van der Waals surface area contributed by atoms with Gasteiger partial charge in [-0.15, -0.1) is 0 Å². The third-order valence-electron chi connectivity index (χ3n) is 4.38. The van der Waals surface area contributed by atoms with Gasteiger partial charge < -0.3 is 14.7 Å². The van der Waals surface area contributed by atoms with Crippen molar-refractivity contribution in [2.45, 2.75) is 13.0 Å². The van der Waals surface area contributed by atoms with Crippen LogP contribution in [0.25, 0.3) is 0 Å². The van der Waals surface area contributed by atoms with Crippen LogP contribution in [0, 0.1) is 0 Å². The highest BCUT2D eigenvalue weighted by Gasteiger charge is 2.20. The molecule has 1 aliphatic rings. The number of nitrogens with zero attached hydrogens (tertiary/aromatic N) is 4. The minimum Gasteiger partial charge on any atom is -0.491 e. The molecule has 1 N–H and O–H groups in total. The molecular weight excluding hydrogens is 332 g/mol. The van der Waals surface area contributed by atoms with Crippen LogP contribution < -0.4 is 9.64 Å². The van der Waals surface area contributed by atoms with Crippen LogP contribution >= 0.6 is 0 Å². The van der Waals surface area contributed by atoms with Crippen molar-refractivity contribution in [2.24, 2.45) is 0 Å². The number of rotatable bonds is 7. The van der Waals surface area contributed by atoms with Gasteiger partial charge in [0.25, 0.3) is 0 Å². The molecule has 0 bridgehead atoms. The van der Waals surface area contributed by atoms with Gasteiger partial charge in [0.1, 0.15) is 18.5 Å². The number of ether oxygens (including phenoxy) is 1. The van der Waals surface area contributed by atoms with Gasteiger partial charge >= 0.3 is 0 Å². The number of carbonyl (C=O) groups excluding carboxylic acids is 1. The van der Waals surface area contributed by atoms with Gasteiger partial charge in [-0.25, -0.2) is 9.97 Å². The van der Waals surface area contributed by atoms with E-state index in [0.29, 0.717) is 17.9 Å². The summed E-state index contributed by atoms with van der Waals surface area (Å²) in [5, 5.41) is 10.2. The average Bonchev–Trinajstić information content (AvgIpc) is 2.68. The Morgan fingerprint density at radius 2 is 1.81 bits per heavy atom. The van der Waals surface area contributed by atoms with E-state index in [1.165, 1.54) is 6.92 Å². The Morgan fingerprint density at radius 3 is 2.42 bits per heavy atom. The Labute approximate surface area is 153 Å². The van der Waals surface area contributed by atoms with Gasteiger partial charge in [0, 0.05) is 50.7 Å². The van der Waals surface area contributed by atoms with E-state index in [9.17, 15) is 9.90 Å². The number of hydrogen-bond donors (Lipinski definition) is 1. The molecule has 1 aliphatic heterocycles. The molecule has 7 heteroatoms. The highest BCUT2D eigenvalue weighted by Crippen LogP contribution is 2.14. The molecule has 0 radical (unpaired) electrons. The molecular formula is C19H24N4O3. The molecule has 1 unspecified atom stereocenters. The van der Waals surface area contributed by atoms with E-state index in [4.69, 9.17) is 4.74 Å². The fraction of sp³-hybridized carbons (Fsp3) is 0.421. The first-order valence-electron chi connectivity index (χ1n) is 8.78.